The van der Waals surface area contributed by atoms with Crippen molar-refractivity contribution < 1.29 is 32.4 Å². The highest BCUT2D eigenvalue weighted by atomic mass is 19.4. The van der Waals surface area contributed by atoms with Gasteiger partial charge >= 0.3 is 6.18 Å². The van der Waals surface area contributed by atoms with E-state index in [1.165, 1.54) is 30.3 Å². The molecule has 2 aromatic rings. The molecule has 0 aliphatic carbocycles. The number of nitrogens with one attached hydrogen (secondary N) is 2. The van der Waals surface area contributed by atoms with Crippen LogP contribution in [-0.2, 0) is 22.2 Å². The molecule has 148 valence electrons. The van der Waals surface area contributed by atoms with Crippen molar-refractivity contribution in [3.63, 3.8) is 0 Å². The van der Waals surface area contributed by atoms with Crippen LogP contribution in [0.3, 0.4) is 0 Å². The normalized spacial score (nSPS) is 10.8. The molecule has 28 heavy (non-hydrogen) atoms. The van der Waals surface area contributed by atoms with Crippen LogP contribution >= 0.6 is 0 Å². The van der Waals surface area contributed by atoms with E-state index in [2.05, 4.69) is 0 Å². The fourth-order valence-electron chi connectivity index (χ4n) is 2.14. The van der Waals surface area contributed by atoms with E-state index in [4.69, 9.17) is 4.74 Å². The molecule has 0 spiro atoms. The fourth-order valence-corrected chi connectivity index (χ4v) is 2.14. The van der Waals surface area contributed by atoms with Gasteiger partial charge < -0.3 is 4.74 Å². The summed E-state index contributed by atoms with van der Waals surface area (Å²) in [5, 5.41) is 10.9. The summed E-state index contributed by atoms with van der Waals surface area (Å²) in [6.45, 7) is -0.646. The molecule has 2 N–H and O–H groups in total. The lowest BCUT2D eigenvalue weighted by molar-refractivity contribution is -0.385. The first-order chi connectivity index (χ1) is 13.2. The second-order valence-electron chi connectivity index (χ2n) is 5.47. The molecule has 2 aromatic carbocycles. The van der Waals surface area contributed by atoms with Gasteiger partial charge in [0.05, 0.1) is 16.9 Å². The van der Waals surface area contributed by atoms with Gasteiger partial charge in [0.15, 0.2) is 6.61 Å². The van der Waals surface area contributed by atoms with E-state index < -0.39 is 35.1 Å². The third-order valence-electron chi connectivity index (χ3n) is 3.41. The van der Waals surface area contributed by atoms with Crippen LogP contribution in [0.15, 0.2) is 48.5 Å². The molecule has 0 aliphatic heterocycles. The minimum absolute atomic E-state index is 0.152. The summed E-state index contributed by atoms with van der Waals surface area (Å²) in [6, 6.07) is 9.58. The van der Waals surface area contributed by atoms with Crippen LogP contribution in [0.1, 0.15) is 11.1 Å². The number of hydrogen-bond donors (Lipinski definition) is 2. The average Bonchev–Trinajstić information content (AvgIpc) is 2.64. The Bertz CT molecular complexity index is 886. The number of rotatable bonds is 6. The number of carbonyl (C=O) groups is 2. The first-order valence-electron chi connectivity index (χ1n) is 7.77. The summed E-state index contributed by atoms with van der Waals surface area (Å²) in [7, 11) is 0. The SMILES string of the molecule is O=C(COc1cccc(C(F)(F)F)c1)NNC(=O)Cc1ccccc1[N+](=O)[O-]. The molecule has 0 bridgehead atoms. The fraction of sp³-hybridized carbons (Fsp3) is 0.176. The first kappa shape index (κ1) is 20.7. The zero-order chi connectivity index (χ0) is 20.7. The minimum atomic E-state index is -4.55. The van der Waals surface area contributed by atoms with Gasteiger partial charge in [0.1, 0.15) is 5.75 Å². The third kappa shape index (κ3) is 5.97. The molecule has 0 aromatic heterocycles. The van der Waals surface area contributed by atoms with Gasteiger partial charge in [-0.1, -0.05) is 24.3 Å². The van der Waals surface area contributed by atoms with Crippen LogP contribution in [0.5, 0.6) is 5.75 Å². The lowest BCUT2D eigenvalue weighted by Gasteiger charge is -2.11. The summed E-state index contributed by atoms with van der Waals surface area (Å²) < 4.78 is 42.8. The molecular formula is C17H14F3N3O5. The van der Waals surface area contributed by atoms with E-state index in [9.17, 15) is 32.9 Å². The van der Waals surface area contributed by atoms with E-state index in [1.807, 2.05) is 10.9 Å². The minimum Gasteiger partial charge on any atom is -0.484 e. The molecule has 11 heteroatoms. The number of nitrogens with zero attached hydrogens (tertiary/aromatic N) is 1. The van der Waals surface area contributed by atoms with Gasteiger partial charge in [-0.05, 0) is 18.2 Å². The number of ether oxygens (including phenoxy) is 1. The number of nitro benzene ring substituents is 1. The van der Waals surface area contributed by atoms with Gasteiger partial charge in [0.2, 0.25) is 5.91 Å². The summed E-state index contributed by atoms with van der Waals surface area (Å²) in [4.78, 5) is 33.7. The average molecular weight is 397 g/mol. The summed E-state index contributed by atoms with van der Waals surface area (Å²) in [5.74, 6) is -1.72. The smallest absolute Gasteiger partial charge is 0.416 e. The zero-order valence-electron chi connectivity index (χ0n) is 14.2. The number of hydrazine groups is 1. The van der Waals surface area contributed by atoms with Crippen molar-refractivity contribution in [2.75, 3.05) is 6.61 Å². The van der Waals surface area contributed by atoms with Crippen LogP contribution in [0.2, 0.25) is 0 Å². The maximum absolute atomic E-state index is 12.6. The lowest BCUT2D eigenvalue weighted by Crippen LogP contribution is -2.44. The summed E-state index contributed by atoms with van der Waals surface area (Å²) in [6.07, 6.45) is -4.90. The highest BCUT2D eigenvalue weighted by Crippen LogP contribution is 2.31. The Kier molecular flexibility index (Phi) is 6.53. The Morgan fingerprint density at radius 1 is 1.04 bits per heavy atom. The Labute approximate surface area is 156 Å². The maximum atomic E-state index is 12.6. The largest absolute Gasteiger partial charge is 0.484 e. The highest BCUT2D eigenvalue weighted by molar-refractivity contribution is 5.84. The summed E-state index contributed by atoms with van der Waals surface area (Å²) in [5.41, 5.74) is 3.04. The molecule has 0 radical (unpaired) electrons. The second kappa shape index (κ2) is 8.84. The van der Waals surface area contributed by atoms with E-state index in [0.717, 1.165) is 18.2 Å². The van der Waals surface area contributed by atoms with Crippen molar-refractivity contribution in [1.29, 1.82) is 0 Å². The topological polar surface area (TPSA) is 111 Å². The van der Waals surface area contributed by atoms with Gasteiger partial charge in [0.25, 0.3) is 11.6 Å². The van der Waals surface area contributed by atoms with Crippen LogP contribution in [0.25, 0.3) is 0 Å². The predicted octanol–water partition coefficient (Wildman–Crippen LogP) is 2.38. The van der Waals surface area contributed by atoms with Gasteiger partial charge in [-0.2, -0.15) is 13.2 Å². The Balaban J connectivity index is 1.83. The number of benzene rings is 2. The zero-order valence-corrected chi connectivity index (χ0v) is 14.2. The van der Waals surface area contributed by atoms with E-state index in [0.29, 0.717) is 0 Å². The van der Waals surface area contributed by atoms with Crippen LogP contribution in [0, 0.1) is 10.1 Å². The van der Waals surface area contributed by atoms with Gasteiger partial charge in [-0.3, -0.25) is 30.6 Å². The van der Waals surface area contributed by atoms with Crippen molar-refractivity contribution in [2.24, 2.45) is 0 Å². The molecule has 2 amide bonds. The number of carbonyl (C=O) groups excluding carboxylic acids is 2. The molecule has 8 nitrogen and oxygen atoms in total. The quantitative estimate of drug-likeness (QED) is 0.574. The van der Waals surface area contributed by atoms with Gasteiger partial charge in [0, 0.05) is 11.6 Å². The molecule has 0 fully saturated rings. The van der Waals surface area contributed by atoms with Crippen molar-refractivity contribution in [3.8, 4) is 5.75 Å². The maximum Gasteiger partial charge on any atom is 0.416 e. The predicted molar refractivity (Wildman–Crippen MR) is 90.0 cm³/mol. The van der Waals surface area contributed by atoms with Gasteiger partial charge in [-0.25, -0.2) is 0 Å². The van der Waals surface area contributed by atoms with E-state index in [1.54, 1.807) is 0 Å². The molecule has 0 saturated heterocycles. The van der Waals surface area contributed by atoms with Crippen molar-refractivity contribution in [3.05, 3.63) is 69.8 Å². The second-order valence-corrected chi connectivity index (χ2v) is 5.47. The number of nitro groups is 1. The number of halogens is 3. The molecule has 2 rings (SSSR count). The monoisotopic (exact) mass is 397 g/mol. The molecule has 0 heterocycles. The highest BCUT2D eigenvalue weighted by Gasteiger charge is 2.30. The third-order valence-corrected chi connectivity index (χ3v) is 3.41. The molecule has 0 unspecified atom stereocenters. The lowest BCUT2D eigenvalue weighted by atomic mass is 10.1. The molecule has 0 aliphatic rings. The van der Waals surface area contributed by atoms with Gasteiger partial charge in [-0.15, -0.1) is 0 Å². The standard InChI is InChI=1S/C17H14F3N3O5/c18-17(19,20)12-5-3-6-13(9-12)28-10-16(25)22-21-15(24)8-11-4-1-2-7-14(11)23(26)27/h1-7,9H,8,10H2,(H,21,24)(H,22,25). The van der Waals surface area contributed by atoms with Crippen LogP contribution in [0.4, 0.5) is 18.9 Å². The Hall–Kier alpha value is -3.63. The Morgan fingerprint density at radius 3 is 2.39 bits per heavy atom. The molecular weight excluding hydrogens is 383 g/mol. The van der Waals surface area contributed by atoms with Crippen molar-refractivity contribution >= 4 is 17.5 Å². The van der Waals surface area contributed by atoms with Crippen LogP contribution in [-0.4, -0.2) is 23.3 Å². The van der Waals surface area contributed by atoms with Crippen molar-refractivity contribution in [1.82, 2.24) is 10.9 Å². The Morgan fingerprint density at radius 2 is 1.71 bits per heavy atom. The number of para-hydroxylation sites is 1. The molecule has 0 atom stereocenters. The number of alkyl halides is 3. The van der Waals surface area contributed by atoms with Crippen LogP contribution < -0.4 is 15.6 Å². The summed E-state index contributed by atoms with van der Waals surface area (Å²) >= 11 is 0. The molecule has 0 saturated carbocycles. The number of hydrogen-bond acceptors (Lipinski definition) is 5. The number of amides is 2. The van der Waals surface area contributed by atoms with E-state index >= 15 is 0 Å². The van der Waals surface area contributed by atoms with Crippen molar-refractivity contribution in [2.45, 2.75) is 12.6 Å². The van der Waals surface area contributed by atoms with E-state index in [-0.39, 0.29) is 23.4 Å². The first-order valence-corrected chi connectivity index (χ1v) is 7.77.